The zero-order valence-electron chi connectivity index (χ0n) is 29.7. The predicted octanol–water partition coefficient (Wildman–Crippen LogP) is 5.47. The fraction of sp³-hybridized carbons (Fsp3) is 0.676. The zero-order valence-corrected chi connectivity index (χ0v) is 29.7. The molecule has 0 aromatic carbocycles. The molecule has 11 atom stereocenters. The number of furan rings is 1. The van der Waals surface area contributed by atoms with Crippen LogP contribution < -0.4 is 0 Å². The van der Waals surface area contributed by atoms with Crippen LogP contribution in [0.4, 0.5) is 0 Å². The molecule has 11 unspecified atom stereocenters. The summed E-state index contributed by atoms with van der Waals surface area (Å²) in [5.74, 6) is -3.06. The normalized spacial score (nSPS) is 39.1. The van der Waals surface area contributed by atoms with Gasteiger partial charge in [0.05, 0.1) is 38.5 Å². The third-order valence-electron chi connectivity index (χ3n) is 12.3. The van der Waals surface area contributed by atoms with Crippen molar-refractivity contribution in [2.45, 2.75) is 111 Å². The summed E-state index contributed by atoms with van der Waals surface area (Å²) in [4.78, 5) is 52.6. The second-order valence-corrected chi connectivity index (χ2v) is 14.6. The topological polar surface area (TPSA) is 137 Å². The second kappa shape index (κ2) is 13.1. The van der Waals surface area contributed by atoms with Crippen LogP contribution in [0.5, 0.6) is 0 Å². The van der Waals surface area contributed by atoms with Gasteiger partial charge in [0, 0.05) is 67.5 Å². The Balaban J connectivity index is 1.83. The first-order chi connectivity index (χ1) is 22.6. The number of esters is 4. The Bertz CT molecular complexity index is 1490. The van der Waals surface area contributed by atoms with E-state index in [2.05, 4.69) is 6.92 Å². The summed E-state index contributed by atoms with van der Waals surface area (Å²) in [7, 11) is 3.00. The number of carbonyl (C=O) groups is 4. The lowest BCUT2D eigenvalue weighted by Crippen LogP contribution is -2.72. The SMILES string of the molecule is CC=C(C)C(=O)OC1C2OCC3(C)C(OC(C)=O)CC(OC(C)=O)C(C)(C23)C(CC(=O)OC)C1(C)C1=C(C)C(c2ccoc2)CC1OC. The van der Waals surface area contributed by atoms with E-state index in [0.717, 1.165) is 16.7 Å². The summed E-state index contributed by atoms with van der Waals surface area (Å²) < 4.78 is 42.5. The maximum Gasteiger partial charge on any atom is 0.333 e. The Morgan fingerprint density at radius 1 is 0.979 bits per heavy atom. The average molecular weight is 671 g/mol. The minimum atomic E-state index is -1.09. The van der Waals surface area contributed by atoms with Gasteiger partial charge in [-0.25, -0.2) is 4.79 Å². The minimum absolute atomic E-state index is 0.0582. The molecule has 2 saturated carbocycles. The molecule has 1 aromatic rings. The van der Waals surface area contributed by atoms with E-state index in [1.54, 1.807) is 39.6 Å². The highest BCUT2D eigenvalue weighted by molar-refractivity contribution is 5.88. The van der Waals surface area contributed by atoms with E-state index in [4.69, 9.17) is 32.8 Å². The summed E-state index contributed by atoms with van der Waals surface area (Å²) in [5.41, 5.74) is 0.531. The summed E-state index contributed by atoms with van der Waals surface area (Å²) in [6.45, 7) is 14.5. The highest BCUT2D eigenvalue weighted by atomic mass is 16.6. The van der Waals surface area contributed by atoms with Crippen LogP contribution in [0.1, 0.15) is 86.1 Å². The van der Waals surface area contributed by atoms with Crippen LogP contribution in [0, 0.1) is 28.1 Å². The van der Waals surface area contributed by atoms with Crippen LogP contribution in [-0.2, 0) is 47.6 Å². The molecular weight excluding hydrogens is 620 g/mol. The molecule has 264 valence electrons. The van der Waals surface area contributed by atoms with E-state index < -0.39 is 82.5 Å². The van der Waals surface area contributed by atoms with Crippen molar-refractivity contribution in [3.05, 3.63) is 47.0 Å². The lowest BCUT2D eigenvalue weighted by molar-refractivity contribution is -0.260. The molecule has 3 aliphatic carbocycles. The Kier molecular flexibility index (Phi) is 9.80. The Morgan fingerprint density at radius 3 is 2.21 bits per heavy atom. The van der Waals surface area contributed by atoms with Crippen molar-refractivity contribution in [3.63, 3.8) is 0 Å². The van der Waals surface area contributed by atoms with Gasteiger partial charge in [-0.1, -0.05) is 32.4 Å². The molecule has 1 saturated heterocycles. The van der Waals surface area contributed by atoms with E-state index in [1.807, 2.05) is 26.8 Å². The van der Waals surface area contributed by atoms with E-state index in [1.165, 1.54) is 21.0 Å². The van der Waals surface area contributed by atoms with Crippen molar-refractivity contribution in [1.29, 1.82) is 0 Å². The van der Waals surface area contributed by atoms with Crippen LogP contribution in [0.25, 0.3) is 0 Å². The largest absolute Gasteiger partial charge is 0.472 e. The van der Waals surface area contributed by atoms with Gasteiger partial charge in [0.2, 0.25) is 0 Å². The molecule has 2 heterocycles. The first-order valence-electron chi connectivity index (χ1n) is 16.7. The van der Waals surface area contributed by atoms with Gasteiger partial charge >= 0.3 is 23.9 Å². The monoisotopic (exact) mass is 670 g/mol. The second-order valence-electron chi connectivity index (χ2n) is 14.6. The van der Waals surface area contributed by atoms with E-state index >= 15 is 0 Å². The van der Waals surface area contributed by atoms with Crippen LogP contribution in [0.15, 0.2) is 45.8 Å². The molecule has 11 nitrogen and oxygen atoms in total. The Morgan fingerprint density at radius 2 is 1.65 bits per heavy atom. The van der Waals surface area contributed by atoms with Crippen LogP contribution in [0.3, 0.4) is 0 Å². The van der Waals surface area contributed by atoms with Crippen molar-refractivity contribution in [1.82, 2.24) is 0 Å². The van der Waals surface area contributed by atoms with Crippen molar-refractivity contribution >= 4 is 23.9 Å². The van der Waals surface area contributed by atoms with Gasteiger partial charge in [-0.15, -0.1) is 0 Å². The van der Waals surface area contributed by atoms with Crippen LogP contribution in [-0.4, -0.2) is 75.2 Å². The predicted molar refractivity (Wildman–Crippen MR) is 172 cm³/mol. The fourth-order valence-corrected chi connectivity index (χ4v) is 10.1. The van der Waals surface area contributed by atoms with Gasteiger partial charge in [-0.3, -0.25) is 14.4 Å². The summed E-state index contributed by atoms with van der Waals surface area (Å²) >= 11 is 0. The van der Waals surface area contributed by atoms with Gasteiger partial charge in [-0.05, 0) is 50.3 Å². The van der Waals surface area contributed by atoms with Crippen LogP contribution in [0.2, 0.25) is 0 Å². The number of methoxy groups -OCH3 is 2. The Hall–Kier alpha value is -3.44. The molecule has 0 spiro atoms. The summed E-state index contributed by atoms with van der Waals surface area (Å²) in [6, 6.07) is 1.93. The quantitative estimate of drug-likeness (QED) is 0.143. The number of allylic oxidation sites excluding steroid dienone is 2. The molecular formula is C37H50O11. The highest BCUT2D eigenvalue weighted by Gasteiger charge is 2.77. The highest BCUT2D eigenvalue weighted by Crippen LogP contribution is 2.72. The van der Waals surface area contributed by atoms with E-state index in [0.29, 0.717) is 12.0 Å². The van der Waals surface area contributed by atoms with Gasteiger partial charge in [0.1, 0.15) is 18.3 Å². The van der Waals surface area contributed by atoms with Crippen molar-refractivity contribution in [3.8, 4) is 0 Å². The van der Waals surface area contributed by atoms with Crippen molar-refractivity contribution in [2.75, 3.05) is 20.8 Å². The first kappa shape index (κ1) is 35.9. The molecule has 5 rings (SSSR count). The molecule has 0 amide bonds. The standard InChI is InChI=1S/C37H50O11/c1-11-19(2)34(41)48-33-31-32-35(6,18-45-31)27(46-21(4)38)16-28(47-22(5)39)36(32,7)26(15-29(40)43-10)37(33,8)30-20(3)24(14-25(30)42-9)23-12-13-44-17-23/h11-13,17,24-28,31-33H,14-16,18H2,1-10H3. The van der Waals surface area contributed by atoms with Crippen molar-refractivity contribution in [2.24, 2.45) is 28.1 Å². The molecule has 1 aliphatic heterocycles. The number of hydrogen-bond acceptors (Lipinski definition) is 11. The molecule has 48 heavy (non-hydrogen) atoms. The smallest absolute Gasteiger partial charge is 0.333 e. The van der Waals surface area contributed by atoms with Crippen molar-refractivity contribution < 1.29 is 52.0 Å². The lowest BCUT2D eigenvalue weighted by Gasteiger charge is -2.66. The van der Waals surface area contributed by atoms with Gasteiger partial charge in [0.25, 0.3) is 0 Å². The molecule has 4 aliphatic rings. The first-order valence-corrected chi connectivity index (χ1v) is 16.7. The zero-order chi connectivity index (χ0) is 35.3. The molecule has 0 bridgehead atoms. The van der Waals surface area contributed by atoms with E-state index in [-0.39, 0.29) is 25.4 Å². The van der Waals surface area contributed by atoms with Crippen LogP contribution >= 0.6 is 0 Å². The Labute approximate surface area is 282 Å². The number of carbonyl (C=O) groups excluding carboxylic acids is 4. The maximum atomic E-state index is 13.8. The molecule has 1 aromatic heterocycles. The average Bonchev–Trinajstić information content (AvgIpc) is 3.77. The minimum Gasteiger partial charge on any atom is -0.472 e. The van der Waals surface area contributed by atoms with Gasteiger partial charge in [-0.2, -0.15) is 0 Å². The van der Waals surface area contributed by atoms with Gasteiger partial charge in [0.15, 0.2) is 0 Å². The third-order valence-corrected chi connectivity index (χ3v) is 12.3. The van der Waals surface area contributed by atoms with E-state index in [9.17, 15) is 19.2 Å². The molecule has 0 N–H and O–H groups in total. The fourth-order valence-electron chi connectivity index (χ4n) is 10.1. The maximum absolute atomic E-state index is 13.8. The number of ether oxygens (including phenoxy) is 6. The summed E-state index contributed by atoms with van der Waals surface area (Å²) in [6.07, 6.45) is 2.33. The summed E-state index contributed by atoms with van der Waals surface area (Å²) in [5, 5.41) is 0. The number of rotatable bonds is 9. The van der Waals surface area contributed by atoms with Gasteiger partial charge < -0.3 is 32.8 Å². The number of hydrogen-bond donors (Lipinski definition) is 0. The molecule has 3 fully saturated rings. The lowest BCUT2D eigenvalue weighted by atomic mass is 9.39. The third kappa shape index (κ3) is 5.50. The molecule has 0 radical (unpaired) electrons. The molecule has 11 heteroatoms.